The maximum atomic E-state index is 13.3. The van der Waals surface area contributed by atoms with E-state index in [1.807, 2.05) is 0 Å². The topological polar surface area (TPSA) is 71.5 Å². The van der Waals surface area contributed by atoms with E-state index >= 15 is 0 Å². The number of pyridine rings is 1. The minimum atomic E-state index is -0.893. The number of carbonyl (C=O) groups is 1. The Morgan fingerprint density at radius 2 is 2.00 bits per heavy atom. The molecule has 2 saturated carbocycles. The van der Waals surface area contributed by atoms with Gasteiger partial charge >= 0.3 is 0 Å². The zero-order valence-corrected chi connectivity index (χ0v) is 16.0. The SMILES string of the molecule is CC(O)(CNC(=O)c1cnc(OCC2CC2)c(-c2ccc(F)cc2)c1)C1CC1. The van der Waals surface area contributed by atoms with Crippen molar-refractivity contribution in [1.82, 2.24) is 10.3 Å². The van der Waals surface area contributed by atoms with Crippen molar-refractivity contribution in [1.29, 1.82) is 0 Å². The average molecular weight is 384 g/mol. The van der Waals surface area contributed by atoms with Crippen LogP contribution in [0.2, 0.25) is 0 Å². The number of halogens is 1. The Morgan fingerprint density at radius 1 is 1.29 bits per heavy atom. The normalized spacial score (nSPS) is 18.4. The molecule has 2 aromatic rings. The molecule has 1 heterocycles. The standard InChI is InChI=1S/C22H25FN2O3/c1-22(27,17-6-7-17)13-25-20(26)16-10-19(15-4-8-18(23)9-5-15)21(24-11-16)28-12-14-2-3-14/h4-5,8-11,14,17,27H,2-3,6-7,12-13H2,1H3,(H,25,26). The molecule has 1 aromatic carbocycles. The summed E-state index contributed by atoms with van der Waals surface area (Å²) in [5.74, 6) is 0.633. The summed E-state index contributed by atoms with van der Waals surface area (Å²) >= 11 is 0. The van der Waals surface area contributed by atoms with Gasteiger partial charge in [-0.05, 0) is 68.2 Å². The average Bonchev–Trinajstić information content (AvgIpc) is 3.57. The fourth-order valence-electron chi connectivity index (χ4n) is 3.22. The predicted molar refractivity (Wildman–Crippen MR) is 104 cm³/mol. The Hall–Kier alpha value is -2.47. The summed E-state index contributed by atoms with van der Waals surface area (Å²) in [6.45, 7) is 2.54. The summed E-state index contributed by atoms with van der Waals surface area (Å²) in [7, 11) is 0. The molecule has 0 aliphatic heterocycles. The largest absolute Gasteiger partial charge is 0.477 e. The minimum absolute atomic E-state index is 0.197. The summed E-state index contributed by atoms with van der Waals surface area (Å²) < 4.78 is 19.2. The van der Waals surface area contributed by atoms with Crippen LogP contribution in [-0.2, 0) is 0 Å². The molecule has 6 heteroatoms. The lowest BCUT2D eigenvalue weighted by atomic mass is 10.0. The van der Waals surface area contributed by atoms with Gasteiger partial charge in [-0.15, -0.1) is 0 Å². The molecule has 1 atom stereocenters. The maximum Gasteiger partial charge on any atom is 0.252 e. The summed E-state index contributed by atoms with van der Waals surface area (Å²) in [4.78, 5) is 16.9. The number of nitrogens with zero attached hydrogens (tertiary/aromatic N) is 1. The first-order valence-electron chi connectivity index (χ1n) is 9.82. The first-order chi connectivity index (χ1) is 13.4. The van der Waals surface area contributed by atoms with Crippen LogP contribution in [0.15, 0.2) is 36.5 Å². The number of aliphatic hydroxyl groups is 1. The Labute approximate surface area is 163 Å². The lowest BCUT2D eigenvalue weighted by molar-refractivity contribution is 0.0354. The van der Waals surface area contributed by atoms with Crippen molar-refractivity contribution in [2.75, 3.05) is 13.2 Å². The van der Waals surface area contributed by atoms with Gasteiger partial charge in [0.25, 0.3) is 5.91 Å². The first kappa shape index (κ1) is 18.9. The Bertz CT molecular complexity index is 859. The third-order valence-electron chi connectivity index (χ3n) is 5.48. The van der Waals surface area contributed by atoms with Crippen LogP contribution in [0.1, 0.15) is 43.0 Å². The molecular formula is C22H25FN2O3. The molecule has 148 valence electrons. The van der Waals surface area contributed by atoms with Crippen LogP contribution in [0, 0.1) is 17.7 Å². The number of benzene rings is 1. The smallest absolute Gasteiger partial charge is 0.252 e. The Morgan fingerprint density at radius 3 is 2.64 bits per heavy atom. The zero-order chi connectivity index (χ0) is 19.7. The molecule has 28 heavy (non-hydrogen) atoms. The predicted octanol–water partition coefficient (Wildman–Crippen LogP) is 3.57. The fraction of sp³-hybridized carbons (Fsp3) is 0.455. The molecule has 2 aliphatic rings. The molecular weight excluding hydrogens is 359 g/mol. The zero-order valence-electron chi connectivity index (χ0n) is 16.0. The van der Waals surface area contributed by atoms with Crippen LogP contribution in [-0.4, -0.2) is 34.8 Å². The fourth-order valence-corrected chi connectivity index (χ4v) is 3.22. The second kappa shape index (κ2) is 7.51. The summed E-state index contributed by atoms with van der Waals surface area (Å²) in [6.07, 6.45) is 5.79. The van der Waals surface area contributed by atoms with E-state index in [0.717, 1.165) is 31.2 Å². The van der Waals surface area contributed by atoms with Gasteiger partial charge in [0.2, 0.25) is 5.88 Å². The van der Waals surface area contributed by atoms with E-state index in [-0.39, 0.29) is 24.2 Å². The highest BCUT2D eigenvalue weighted by Crippen LogP contribution is 2.39. The number of rotatable bonds is 8. The van der Waals surface area contributed by atoms with E-state index in [1.54, 1.807) is 25.1 Å². The molecule has 2 aliphatic carbocycles. The minimum Gasteiger partial charge on any atom is -0.477 e. The van der Waals surface area contributed by atoms with Gasteiger partial charge in [0, 0.05) is 18.3 Å². The number of aromatic nitrogens is 1. The van der Waals surface area contributed by atoms with E-state index in [0.29, 0.717) is 29.5 Å². The quantitative estimate of drug-likeness (QED) is 0.730. The van der Waals surface area contributed by atoms with Crippen LogP contribution < -0.4 is 10.1 Å². The van der Waals surface area contributed by atoms with E-state index in [4.69, 9.17) is 4.74 Å². The molecule has 0 saturated heterocycles. The van der Waals surface area contributed by atoms with Crippen molar-refractivity contribution >= 4 is 5.91 Å². The molecule has 1 amide bonds. The van der Waals surface area contributed by atoms with Crippen molar-refractivity contribution in [3.63, 3.8) is 0 Å². The van der Waals surface area contributed by atoms with E-state index < -0.39 is 5.60 Å². The molecule has 5 nitrogen and oxygen atoms in total. The van der Waals surface area contributed by atoms with Gasteiger partial charge in [-0.2, -0.15) is 0 Å². The molecule has 0 spiro atoms. The molecule has 2 N–H and O–H groups in total. The van der Waals surface area contributed by atoms with Crippen LogP contribution in [0.4, 0.5) is 4.39 Å². The lowest BCUT2D eigenvalue weighted by Crippen LogP contribution is -2.42. The number of amides is 1. The molecule has 0 bridgehead atoms. The Balaban J connectivity index is 1.54. The second-order valence-electron chi connectivity index (χ2n) is 8.15. The van der Waals surface area contributed by atoms with Crippen LogP contribution >= 0.6 is 0 Å². The van der Waals surface area contributed by atoms with Crippen molar-refractivity contribution < 1.29 is 19.0 Å². The molecule has 4 rings (SSSR count). The number of nitrogens with one attached hydrogen (secondary N) is 1. The lowest BCUT2D eigenvalue weighted by Gasteiger charge is -2.23. The number of carbonyl (C=O) groups excluding carboxylic acids is 1. The van der Waals surface area contributed by atoms with Crippen molar-refractivity contribution in [3.8, 4) is 17.0 Å². The molecule has 1 aromatic heterocycles. The monoisotopic (exact) mass is 384 g/mol. The third kappa shape index (κ3) is 4.50. The first-order valence-corrected chi connectivity index (χ1v) is 9.82. The van der Waals surface area contributed by atoms with Crippen molar-refractivity contribution in [3.05, 3.63) is 47.9 Å². The van der Waals surface area contributed by atoms with Crippen LogP contribution in [0.5, 0.6) is 5.88 Å². The van der Waals surface area contributed by atoms with E-state index in [9.17, 15) is 14.3 Å². The van der Waals surface area contributed by atoms with Gasteiger partial charge in [0.15, 0.2) is 0 Å². The number of hydrogen-bond donors (Lipinski definition) is 2. The molecule has 0 radical (unpaired) electrons. The van der Waals surface area contributed by atoms with Gasteiger partial charge in [-0.3, -0.25) is 4.79 Å². The maximum absolute atomic E-state index is 13.3. The highest BCUT2D eigenvalue weighted by atomic mass is 19.1. The van der Waals surface area contributed by atoms with Crippen molar-refractivity contribution in [2.45, 2.75) is 38.2 Å². The summed E-state index contributed by atoms with van der Waals surface area (Å²) in [5, 5.41) is 13.2. The summed E-state index contributed by atoms with van der Waals surface area (Å²) in [5.41, 5.74) is 0.877. The Kier molecular flexibility index (Phi) is 5.06. The second-order valence-corrected chi connectivity index (χ2v) is 8.15. The van der Waals surface area contributed by atoms with E-state index in [2.05, 4.69) is 10.3 Å². The van der Waals surface area contributed by atoms with Gasteiger partial charge in [0.1, 0.15) is 5.82 Å². The number of ether oxygens (including phenoxy) is 1. The van der Waals surface area contributed by atoms with Crippen LogP contribution in [0.3, 0.4) is 0 Å². The third-order valence-corrected chi connectivity index (χ3v) is 5.48. The van der Waals surface area contributed by atoms with Crippen LogP contribution in [0.25, 0.3) is 11.1 Å². The van der Waals surface area contributed by atoms with Crippen molar-refractivity contribution in [2.24, 2.45) is 11.8 Å². The summed E-state index contributed by atoms with van der Waals surface area (Å²) in [6, 6.07) is 7.76. The van der Waals surface area contributed by atoms with Gasteiger partial charge in [0.05, 0.1) is 17.8 Å². The van der Waals surface area contributed by atoms with Gasteiger partial charge < -0.3 is 15.2 Å². The number of hydrogen-bond acceptors (Lipinski definition) is 4. The van der Waals surface area contributed by atoms with E-state index in [1.165, 1.54) is 18.3 Å². The molecule has 1 unspecified atom stereocenters. The van der Waals surface area contributed by atoms with Gasteiger partial charge in [-0.1, -0.05) is 12.1 Å². The highest BCUT2D eigenvalue weighted by molar-refractivity contribution is 5.95. The highest BCUT2D eigenvalue weighted by Gasteiger charge is 2.40. The molecule has 2 fully saturated rings. The van der Waals surface area contributed by atoms with Gasteiger partial charge in [-0.25, -0.2) is 9.37 Å².